The van der Waals surface area contributed by atoms with Crippen molar-refractivity contribution in [2.24, 2.45) is 5.10 Å². The zero-order valence-electron chi connectivity index (χ0n) is 13.3. The van der Waals surface area contributed by atoms with Crippen molar-refractivity contribution in [2.45, 2.75) is 0 Å². The summed E-state index contributed by atoms with van der Waals surface area (Å²) in [5, 5.41) is 4.07. The smallest absolute Gasteiger partial charge is 0.287 e. The van der Waals surface area contributed by atoms with Gasteiger partial charge in [0.1, 0.15) is 11.4 Å². The number of amides is 1. The zero-order chi connectivity index (χ0) is 17.5. The number of ketones is 1. The average molecular weight is 329 g/mol. The van der Waals surface area contributed by atoms with Gasteiger partial charge in [-0.3, -0.25) is 14.6 Å². The summed E-state index contributed by atoms with van der Waals surface area (Å²) in [6.07, 6.45) is 1.52. The Labute approximate surface area is 145 Å². The molecule has 0 spiro atoms. The largest absolute Gasteiger partial charge is 0.289 e. The van der Waals surface area contributed by atoms with Crippen LogP contribution in [0.2, 0.25) is 0 Å². The number of nitrogens with zero attached hydrogens (tertiary/aromatic N) is 2. The third-order valence-electron chi connectivity index (χ3n) is 3.47. The fraction of sp³-hybridized carbons (Fsp3) is 0. The van der Waals surface area contributed by atoms with Gasteiger partial charge in [0.15, 0.2) is 0 Å². The Morgan fingerprint density at radius 2 is 1.36 bits per heavy atom. The molecule has 0 aliphatic carbocycles. The van der Waals surface area contributed by atoms with E-state index in [-0.39, 0.29) is 17.2 Å². The van der Waals surface area contributed by atoms with Crippen molar-refractivity contribution in [1.82, 2.24) is 10.4 Å². The fourth-order valence-electron chi connectivity index (χ4n) is 2.23. The Morgan fingerprint density at radius 1 is 0.760 bits per heavy atom. The minimum atomic E-state index is -0.477. The summed E-state index contributed by atoms with van der Waals surface area (Å²) in [6, 6.07) is 22.8. The van der Waals surface area contributed by atoms with Gasteiger partial charge in [0.05, 0.1) is 0 Å². The third-order valence-corrected chi connectivity index (χ3v) is 3.47. The van der Waals surface area contributed by atoms with Crippen LogP contribution in [0.25, 0.3) is 0 Å². The van der Waals surface area contributed by atoms with Gasteiger partial charge in [-0.2, -0.15) is 5.10 Å². The average Bonchev–Trinajstić information content (AvgIpc) is 2.70. The Balaban J connectivity index is 1.92. The monoisotopic (exact) mass is 329 g/mol. The number of nitrogens with one attached hydrogen (secondary N) is 1. The van der Waals surface area contributed by atoms with E-state index in [1.54, 1.807) is 54.6 Å². The third kappa shape index (κ3) is 4.03. The van der Waals surface area contributed by atoms with Gasteiger partial charge >= 0.3 is 0 Å². The van der Waals surface area contributed by atoms with Crippen LogP contribution in [0.15, 0.2) is 90.2 Å². The topological polar surface area (TPSA) is 71.4 Å². The first-order valence-electron chi connectivity index (χ1n) is 7.70. The summed E-state index contributed by atoms with van der Waals surface area (Å²) < 4.78 is 0. The van der Waals surface area contributed by atoms with Crippen molar-refractivity contribution in [2.75, 3.05) is 0 Å². The highest BCUT2D eigenvalue weighted by molar-refractivity contribution is 6.51. The van der Waals surface area contributed by atoms with Crippen LogP contribution < -0.4 is 5.43 Å². The van der Waals surface area contributed by atoms with Crippen molar-refractivity contribution < 1.29 is 9.59 Å². The van der Waals surface area contributed by atoms with E-state index in [9.17, 15) is 9.59 Å². The molecule has 0 saturated carbocycles. The molecule has 0 aliphatic rings. The van der Waals surface area contributed by atoms with E-state index in [1.807, 2.05) is 24.3 Å². The first-order valence-corrected chi connectivity index (χ1v) is 7.70. The molecule has 1 aromatic heterocycles. The van der Waals surface area contributed by atoms with Crippen LogP contribution in [0, 0.1) is 0 Å². The number of aromatic nitrogens is 1. The van der Waals surface area contributed by atoms with E-state index in [0.29, 0.717) is 11.1 Å². The Morgan fingerprint density at radius 3 is 1.96 bits per heavy atom. The van der Waals surface area contributed by atoms with E-state index < -0.39 is 5.91 Å². The number of hydrazone groups is 1. The lowest BCUT2D eigenvalue weighted by atomic mass is 10.0. The van der Waals surface area contributed by atoms with Gasteiger partial charge < -0.3 is 0 Å². The van der Waals surface area contributed by atoms with Crippen molar-refractivity contribution in [3.8, 4) is 0 Å². The molecule has 5 nitrogen and oxygen atoms in total. The Kier molecular flexibility index (Phi) is 5.07. The van der Waals surface area contributed by atoms with Gasteiger partial charge in [-0.15, -0.1) is 0 Å². The molecule has 2 aromatic carbocycles. The lowest BCUT2D eigenvalue weighted by molar-refractivity contribution is 0.0950. The van der Waals surface area contributed by atoms with Crippen LogP contribution in [0.1, 0.15) is 26.4 Å². The SMILES string of the molecule is O=C(/C(=N/NC(=O)c1ccccn1)c1ccccc1)c1ccccc1. The zero-order valence-corrected chi connectivity index (χ0v) is 13.3. The molecule has 5 heteroatoms. The van der Waals surface area contributed by atoms with E-state index in [4.69, 9.17) is 0 Å². The molecule has 1 amide bonds. The van der Waals surface area contributed by atoms with Crippen LogP contribution >= 0.6 is 0 Å². The number of Topliss-reactive ketones (excluding diaryl/α,β-unsaturated/α-hetero) is 1. The van der Waals surface area contributed by atoms with Crippen LogP contribution in [-0.4, -0.2) is 22.4 Å². The number of benzene rings is 2. The van der Waals surface area contributed by atoms with E-state index in [1.165, 1.54) is 6.20 Å². The molecule has 0 fully saturated rings. The molecule has 0 bridgehead atoms. The second-order valence-corrected chi connectivity index (χ2v) is 5.18. The minimum absolute atomic E-state index is 0.163. The molecule has 1 N–H and O–H groups in total. The van der Waals surface area contributed by atoms with Crippen LogP contribution in [-0.2, 0) is 0 Å². The number of hydrogen-bond acceptors (Lipinski definition) is 4. The van der Waals surface area contributed by atoms with E-state index in [2.05, 4.69) is 15.5 Å². The molecule has 0 atom stereocenters. The number of carbonyl (C=O) groups excluding carboxylic acids is 2. The highest BCUT2D eigenvalue weighted by atomic mass is 16.2. The number of hydrogen-bond donors (Lipinski definition) is 1. The first-order chi connectivity index (χ1) is 12.3. The molecule has 0 unspecified atom stereocenters. The molecular weight excluding hydrogens is 314 g/mol. The quantitative estimate of drug-likeness (QED) is 0.444. The maximum absolute atomic E-state index is 12.8. The predicted molar refractivity (Wildman–Crippen MR) is 95.5 cm³/mol. The summed E-state index contributed by atoms with van der Waals surface area (Å²) in [5.74, 6) is -0.747. The number of pyridine rings is 1. The molecule has 122 valence electrons. The number of carbonyl (C=O) groups is 2. The maximum Gasteiger partial charge on any atom is 0.289 e. The van der Waals surface area contributed by atoms with Gasteiger partial charge in [-0.1, -0.05) is 66.7 Å². The van der Waals surface area contributed by atoms with Gasteiger partial charge in [0.2, 0.25) is 5.78 Å². The predicted octanol–water partition coefficient (Wildman–Crippen LogP) is 3.10. The molecular formula is C20H15N3O2. The fourth-order valence-corrected chi connectivity index (χ4v) is 2.23. The summed E-state index contributed by atoms with van der Waals surface area (Å²) in [7, 11) is 0. The van der Waals surface area contributed by atoms with Crippen molar-refractivity contribution in [1.29, 1.82) is 0 Å². The highest BCUT2D eigenvalue weighted by Gasteiger charge is 2.17. The second-order valence-electron chi connectivity index (χ2n) is 5.18. The standard InChI is InChI=1S/C20H15N3O2/c24-19(16-11-5-2-6-12-16)18(15-9-3-1-4-10-15)22-23-20(25)17-13-7-8-14-21-17/h1-14H,(H,23,25)/b22-18+. The highest BCUT2D eigenvalue weighted by Crippen LogP contribution is 2.09. The molecule has 25 heavy (non-hydrogen) atoms. The summed E-state index contributed by atoms with van der Waals surface area (Å²) in [6.45, 7) is 0. The molecule has 0 aliphatic heterocycles. The van der Waals surface area contributed by atoms with Gasteiger partial charge in [0, 0.05) is 17.3 Å². The van der Waals surface area contributed by atoms with Crippen LogP contribution in [0.5, 0.6) is 0 Å². The van der Waals surface area contributed by atoms with Crippen LogP contribution in [0.4, 0.5) is 0 Å². The van der Waals surface area contributed by atoms with Gasteiger partial charge in [-0.25, -0.2) is 5.43 Å². The Hall–Kier alpha value is -3.60. The summed E-state index contributed by atoms with van der Waals surface area (Å²) in [5.41, 5.74) is 3.92. The molecule has 0 radical (unpaired) electrons. The maximum atomic E-state index is 12.8. The van der Waals surface area contributed by atoms with E-state index >= 15 is 0 Å². The summed E-state index contributed by atoms with van der Waals surface area (Å²) in [4.78, 5) is 28.9. The van der Waals surface area contributed by atoms with Gasteiger partial charge in [-0.05, 0) is 12.1 Å². The number of rotatable bonds is 5. The molecule has 1 heterocycles. The van der Waals surface area contributed by atoms with Gasteiger partial charge in [0.25, 0.3) is 5.91 Å². The molecule has 3 aromatic rings. The van der Waals surface area contributed by atoms with Crippen LogP contribution in [0.3, 0.4) is 0 Å². The second kappa shape index (κ2) is 7.79. The first kappa shape index (κ1) is 16.3. The van der Waals surface area contributed by atoms with Crippen molar-refractivity contribution >= 4 is 17.4 Å². The minimum Gasteiger partial charge on any atom is -0.287 e. The molecule has 0 saturated heterocycles. The van der Waals surface area contributed by atoms with E-state index in [0.717, 1.165) is 0 Å². The van der Waals surface area contributed by atoms with Crippen molar-refractivity contribution in [3.05, 3.63) is 102 Å². The molecule has 3 rings (SSSR count). The normalized spacial score (nSPS) is 11.0. The van der Waals surface area contributed by atoms with Crippen molar-refractivity contribution in [3.63, 3.8) is 0 Å². The summed E-state index contributed by atoms with van der Waals surface area (Å²) >= 11 is 0. The Bertz CT molecular complexity index is 892. The lowest BCUT2D eigenvalue weighted by Crippen LogP contribution is -2.25. The lowest BCUT2D eigenvalue weighted by Gasteiger charge is -2.07.